The van der Waals surface area contributed by atoms with Crippen molar-refractivity contribution in [1.82, 2.24) is 4.90 Å². The predicted molar refractivity (Wildman–Crippen MR) is 69.7 cm³/mol. The van der Waals surface area contributed by atoms with Gasteiger partial charge in [-0.05, 0) is 33.1 Å². The second-order valence-corrected chi connectivity index (χ2v) is 5.42. The summed E-state index contributed by atoms with van der Waals surface area (Å²) >= 11 is 0. The van der Waals surface area contributed by atoms with E-state index in [1.54, 1.807) is 4.90 Å². The van der Waals surface area contributed by atoms with E-state index in [4.69, 9.17) is 5.11 Å². The molecule has 1 aliphatic carbocycles. The van der Waals surface area contributed by atoms with Gasteiger partial charge in [-0.15, -0.1) is 0 Å². The molecule has 0 aromatic heterocycles. The third kappa shape index (κ3) is 3.23. The molecule has 0 bridgehead atoms. The van der Waals surface area contributed by atoms with Gasteiger partial charge >= 0.3 is 0 Å². The van der Waals surface area contributed by atoms with E-state index in [-0.39, 0.29) is 18.6 Å². The summed E-state index contributed by atoms with van der Waals surface area (Å²) in [4.78, 5) is 14.4. The highest BCUT2D eigenvalue weighted by Crippen LogP contribution is 2.37. The van der Waals surface area contributed by atoms with Gasteiger partial charge in [-0.25, -0.2) is 0 Å². The smallest absolute Gasteiger partial charge is 0.243 e. The quantitative estimate of drug-likeness (QED) is 0.814. The first kappa shape index (κ1) is 15.0. The Bertz CT molecular complexity index is 314. The van der Waals surface area contributed by atoms with E-state index in [0.29, 0.717) is 25.8 Å². The Morgan fingerprint density at radius 3 is 2.44 bits per heavy atom. The van der Waals surface area contributed by atoms with E-state index >= 15 is 0 Å². The summed E-state index contributed by atoms with van der Waals surface area (Å²) in [5.41, 5.74) is -0.808. The molecule has 0 spiro atoms. The number of amides is 1. The summed E-state index contributed by atoms with van der Waals surface area (Å²) in [7, 11) is 0. The predicted octanol–water partition coefficient (Wildman–Crippen LogP) is 2.08. The normalized spacial score (nSPS) is 18.4. The Morgan fingerprint density at radius 1 is 1.39 bits per heavy atom. The average Bonchev–Trinajstić information content (AvgIpc) is 2.39. The molecule has 1 fully saturated rings. The van der Waals surface area contributed by atoms with Gasteiger partial charge < -0.3 is 10.0 Å². The zero-order chi connectivity index (χ0) is 13.6. The van der Waals surface area contributed by atoms with Crippen LogP contribution in [0.3, 0.4) is 0 Å². The number of carbonyl (C=O) groups is 1. The minimum Gasteiger partial charge on any atom is -0.396 e. The lowest BCUT2D eigenvalue weighted by molar-refractivity contribution is -0.142. The minimum atomic E-state index is -0.808. The number of hydrogen-bond donors (Lipinski definition) is 1. The number of rotatable bonds is 5. The molecular weight excluding hydrogens is 228 g/mol. The van der Waals surface area contributed by atoms with Crippen molar-refractivity contribution >= 4 is 5.91 Å². The standard InChI is InChI=1S/C14H24N2O2/c1-12(2)16(9-6-10-17)13(18)14(11-15)7-4-3-5-8-14/h12,17H,3-10H2,1-2H3. The summed E-state index contributed by atoms with van der Waals surface area (Å²) in [6.45, 7) is 4.54. The highest BCUT2D eigenvalue weighted by Gasteiger charge is 2.42. The SMILES string of the molecule is CC(C)N(CCCO)C(=O)C1(C#N)CCCCC1. The monoisotopic (exact) mass is 252 g/mol. The van der Waals surface area contributed by atoms with Crippen molar-refractivity contribution in [3.63, 3.8) is 0 Å². The fraction of sp³-hybridized carbons (Fsp3) is 0.857. The number of aliphatic hydroxyl groups is 1. The van der Waals surface area contributed by atoms with Crippen molar-refractivity contribution in [1.29, 1.82) is 5.26 Å². The lowest BCUT2D eigenvalue weighted by Crippen LogP contribution is -2.48. The molecule has 1 amide bonds. The van der Waals surface area contributed by atoms with Crippen molar-refractivity contribution in [2.24, 2.45) is 5.41 Å². The molecule has 102 valence electrons. The lowest BCUT2D eigenvalue weighted by atomic mass is 9.74. The van der Waals surface area contributed by atoms with Crippen molar-refractivity contribution in [2.75, 3.05) is 13.2 Å². The summed E-state index contributed by atoms with van der Waals surface area (Å²) in [5, 5.41) is 18.3. The first-order valence-corrected chi connectivity index (χ1v) is 6.90. The van der Waals surface area contributed by atoms with Gasteiger partial charge in [0.2, 0.25) is 5.91 Å². The Kier molecular flexibility index (Phi) is 5.61. The minimum absolute atomic E-state index is 0.0341. The fourth-order valence-corrected chi connectivity index (χ4v) is 2.64. The maximum atomic E-state index is 12.6. The molecule has 4 nitrogen and oxygen atoms in total. The fourth-order valence-electron chi connectivity index (χ4n) is 2.64. The van der Waals surface area contributed by atoms with Crippen molar-refractivity contribution in [3.05, 3.63) is 0 Å². The van der Waals surface area contributed by atoms with E-state index < -0.39 is 5.41 Å². The molecule has 1 aliphatic rings. The topological polar surface area (TPSA) is 64.3 Å². The van der Waals surface area contributed by atoms with Gasteiger partial charge in [-0.1, -0.05) is 19.3 Å². The molecule has 1 N–H and O–H groups in total. The molecule has 4 heteroatoms. The van der Waals surface area contributed by atoms with Gasteiger partial charge in [0.1, 0.15) is 5.41 Å². The summed E-state index contributed by atoms with van der Waals surface area (Å²) in [6.07, 6.45) is 4.99. The largest absolute Gasteiger partial charge is 0.396 e. The van der Waals surface area contributed by atoms with Gasteiger partial charge in [0.15, 0.2) is 0 Å². The second kappa shape index (κ2) is 6.75. The van der Waals surface area contributed by atoms with Crippen LogP contribution in [0.15, 0.2) is 0 Å². The number of carbonyl (C=O) groups excluding carboxylic acids is 1. The van der Waals surface area contributed by atoms with Crippen LogP contribution < -0.4 is 0 Å². The van der Waals surface area contributed by atoms with Crippen LogP contribution in [0, 0.1) is 16.7 Å². The highest BCUT2D eigenvalue weighted by atomic mass is 16.3. The molecular formula is C14H24N2O2. The molecule has 0 aromatic rings. The van der Waals surface area contributed by atoms with E-state index in [1.165, 1.54) is 0 Å². The van der Waals surface area contributed by atoms with E-state index in [9.17, 15) is 10.1 Å². The molecule has 1 saturated carbocycles. The maximum Gasteiger partial charge on any atom is 0.243 e. The molecule has 0 aromatic carbocycles. The molecule has 0 radical (unpaired) electrons. The number of aliphatic hydroxyl groups excluding tert-OH is 1. The van der Waals surface area contributed by atoms with Crippen LogP contribution in [-0.4, -0.2) is 35.1 Å². The molecule has 0 unspecified atom stereocenters. The number of nitriles is 1. The van der Waals surface area contributed by atoms with E-state index in [0.717, 1.165) is 19.3 Å². The van der Waals surface area contributed by atoms with E-state index in [2.05, 4.69) is 6.07 Å². The third-order valence-electron chi connectivity index (χ3n) is 3.77. The van der Waals surface area contributed by atoms with Crippen LogP contribution in [-0.2, 0) is 4.79 Å². The second-order valence-electron chi connectivity index (χ2n) is 5.42. The van der Waals surface area contributed by atoms with Gasteiger partial charge in [-0.3, -0.25) is 4.79 Å². The Labute approximate surface area is 110 Å². The first-order valence-electron chi connectivity index (χ1n) is 6.90. The Balaban J connectivity index is 2.82. The zero-order valence-electron chi connectivity index (χ0n) is 11.5. The third-order valence-corrected chi connectivity index (χ3v) is 3.77. The van der Waals surface area contributed by atoms with Crippen molar-refractivity contribution < 1.29 is 9.90 Å². The summed E-state index contributed by atoms with van der Waals surface area (Å²) in [6, 6.07) is 2.36. The van der Waals surface area contributed by atoms with Gasteiger partial charge in [0, 0.05) is 19.2 Å². The first-order chi connectivity index (χ1) is 8.57. The number of hydrogen-bond acceptors (Lipinski definition) is 3. The Morgan fingerprint density at radius 2 is 2.00 bits per heavy atom. The molecule has 1 rings (SSSR count). The summed E-state index contributed by atoms with van der Waals surface area (Å²) in [5.74, 6) is -0.0341. The molecule has 0 aliphatic heterocycles. The van der Waals surface area contributed by atoms with Crippen LogP contribution >= 0.6 is 0 Å². The molecule has 18 heavy (non-hydrogen) atoms. The number of nitrogens with zero attached hydrogens (tertiary/aromatic N) is 2. The van der Waals surface area contributed by atoms with Gasteiger partial charge in [0.05, 0.1) is 6.07 Å². The van der Waals surface area contributed by atoms with Gasteiger partial charge in [-0.2, -0.15) is 5.26 Å². The average molecular weight is 252 g/mol. The van der Waals surface area contributed by atoms with Gasteiger partial charge in [0.25, 0.3) is 0 Å². The van der Waals surface area contributed by atoms with Crippen LogP contribution in [0.5, 0.6) is 0 Å². The lowest BCUT2D eigenvalue weighted by Gasteiger charge is -2.37. The van der Waals surface area contributed by atoms with Crippen LogP contribution in [0.4, 0.5) is 0 Å². The molecule has 0 atom stereocenters. The van der Waals surface area contributed by atoms with Crippen molar-refractivity contribution in [2.45, 2.75) is 58.4 Å². The zero-order valence-corrected chi connectivity index (χ0v) is 11.5. The summed E-state index contributed by atoms with van der Waals surface area (Å²) < 4.78 is 0. The molecule has 0 heterocycles. The van der Waals surface area contributed by atoms with E-state index in [1.807, 2.05) is 13.8 Å². The van der Waals surface area contributed by atoms with Crippen molar-refractivity contribution in [3.8, 4) is 6.07 Å². The maximum absolute atomic E-state index is 12.6. The van der Waals surface area contributed by atoms with Crippen LogP contribution in [0.25, 0.3) is 0 Å². The highest BCUT2D eigenvalue weighted by molar-refractivity contribution is 5.85. The van der Waals surface area contributed by atoms with Crippen LogP contribution in [0.2, 0.25) is 0 Å². The molecule has 0 saturated heterocycles. The van der Waals surface area contributed by atoms with Crippen LogP contribution in [0.1, 0.15) is 52.4 Å². The Hall–Kier alpha value is -1.08.